The molecule has 3 rings (SSSR count). The van der Waals surface area contributed by atoms with E-state index in [4.69, 9.17) is 0 Å². The summed E-state index contributed by atoms with van der Waals surface area (Å²) in [5, 5.41) is 7.12. The van der Waals surface area contributed by atoms with Crippen LogP contribution in [0.25, 0.3) is 5.52 Å². The van der Waals surface area contributed by atoms with Crippen LogP contribution in [-0.4, -0.2) is 15.5 Å². The summed E-state index contributed by atoms with van der Waals surface area (Å²) in [6.45, 7) is 0.497. The van der Waals surface area contributed by atoms with E-state index < -0.39 is 0 Å². The third-order valence-electron chi connectivity index (χ3n) is 2.95. The van der Waals surface area contributed by atoms with Gasteiger partial charge in [-0.2, -0.15) is 5.10 Å². The lowest BCUT2D eigenvalue weighted by Gasteiger charge is -2.02. The zero-order valence-corrected chi connectivity index (χ0v) is 12.2. The van der Waals surface area contributed by atoms with Crippen molar-refractivity contribution < 1.29 is 4.79 Å². The van der Waals surface area contributed by atoms with Crippen molar-refractivity contribution in [2.45, 2.75) is 6.54 Å². The van der Waals surface area contributed by atoms with Crippen molar-refractivity contribution in [1.29, 1.82) is 0 Å². The summed E-state index contributed by atoms with van der Waals surface area (Å²) in [5.41, 5.74) is 2.37. The quantitative estimate of drug-likeness (QED) is 0.802. The van der Waals surface area contributed by atoms with Crippen LogP contribution in [0.2, 0.25) is 0 Å². The molecule has 4 nitrogen and oxygen atoms in total. The fraction of sp³-hybridized carbons (Fsp3) is 0.0667. The summed E-state index contributed by atoms with van der Waals surface area (Å²) >= 11 is 3.38. The molecule has 0 bridgehead atoms. The molecule has 100 valence electrons. The lowest BCUT2D eigenvalue weighted by atomic mass is 10.2. The monoisotopic (exact) mass is 329 g/mol. The molecule has 1 N–H and O–H groups in total. The molecule has 0 unspecified atom stereocenters. The number of fused-ring (bicyclic) bond motifs is 1. The molecule has 0 spiro atoms. The van der Waals surface area contributed by atoms with E-state index in [1.54, 1.807) is 10.6 Å². The summed E-state index contributed by atoms with van der Waals surface area (Å²) in [4.78, 5) is 12.1. The first-order chi connectivity index (χ1) is 9.72. The van der Waals surface area contributed by atoms with Crippen LogP contribution in [0, 0.1) is 0 Å². The SMILES string of the molecule is O=C(NCc1ccccc1)c1cc2ccc(Br)cn2n1. The second-order valence-electron chi connectivity index (χ2n) is 4.41. The van der Waals surface area contributed by atoms with E-state index >= 15 is 0 Å². The highest BCUT2D eigenvalue weighted by molar-refractivity contribution is 9.10. The molecule has 1 aromatic carbocycles. The van der Waals surface area contributed by atoms with Crippen molar-refractivity contribution in [2.24, 2.45) is 0 Å². The first kappa shape index (κ1) is 12.9. The number of benzene rings is 1. The van der Waals surface area contributed by atoms with E-state index in [1.165, 1.54) is 0 Å². The van der Waals surface area contributed by atoms with Crippen LogP contribution in [0.1, 0.15) is 16.1 Å². The Morgan fingerprint density at radius 1 is 1.20 bits per heavy atom. The number of rotatable bonds is 3. The maximum absolute atomic E-state index is 12.1. The van der Waals surface area contributed by atoms with Crippen LogP contribution < -0.4 is 5.32 Å². The summed E-state index contributed by atoms with van der Waals surface area (Å²) in [7, 11) is 0. The Labute approximate surface area is 124 Å². The van der Waals surface area contributed by atoms with Gasteiger partial charge in [-0.3, -0.25) is 4.79 Å². The van der Waals surface area contributed by atoms with E-state index in [2.05, 4.69) is 26.3 Å². The van der Waals surface area contributed by atoms with Gasteiger partial charge in [-0.05, 0) is 39.7 Å². The molecule has 0 aliphatic rings. The van der Waals surface area contributed by atoms with Crippen LogP contribution in [0.4, 0.5) is 0 Å². The molecule has 0 radical (unpaired) electrons. The molecular weight excluding hydrogens is 318 g/mol. The number of carbonyl (C=O) groups excluding carboxylic acids is 1. The van der Waals surface area contributed by atoms with Crippen molar-refractivity contribution in [3.8, 4) is 0 Å². The molecule has 0 saturated carbocycles. The fourth-order valence-electron chi connectivity index (χ4n) is 1.94. The highest BCUT2D eigenvalue weighted by atomic mass is 79.9. The molecule has 0 atom stereocenters. The standard InChI is InChI=1S/C15H12BrN3O/c16-12-6-7-13-8-14(18-19(13)10-12)15(20)17-9-11-4-2-1-3-5-11/h1-8,10H,9H2,(H,17,20). The molecule has 5 heteroatoms. The Morgan fingerprint density at radius 3 is 2.80 bits per heavy atom. The van der Waals surface area contributed by atoms with Crippen molar-refractivity contribution in [3.05, 3.63) is 70.5 Å². The van der Waals surface area contributed by atoms with E-state index in [0.29, 0.717) is 12.2 Å². The molecule has 0 saturated heterocycles. The smallest absolute Gasteiger partial charge is 0.272 e. The Kier molecular flexibility index (Phi) is 3.52. The van der Waals surface area contributed by atoms with Gasteiger partial charge in [0, 0.05) is 17.2 Å². The van der Waals surface area contributed by atoms with E-state index in [1.807, 2.05) is 48.7 Å². The molecule has 2 heterocycles. The molecule has 3 aromatic rings. The molecule has 0 fully saturated rings. The number of aromatic nitrogens is 2. The topological polar surface area (TPSA) is 46.4 Å². The van der Waals surface area contributed by atoms with Crippen molar-refractivity contribution in [3.63, 3.8) is 0 Å². The van der Waals surface area contributed by atoms with Crippen LogP contribution in [0.5, 0.6) is 0 Å². The maximum atomic E-state index is 12.1. The van der Waals surface area contributed by atoms with Gasteiger partial charge in [-0.25, -0.2) is 4.52 Å². The van der Waals surface area contributed by atoms with Crippen LogP contribution in [0.3, 0.4) is 0 Å². The molecule has 2 aromatic heterocycles. The van der Waals surface area contributed by atoms with Gasteiger partial charge in [0.1, 0.15) is 0 Å². The Bertz CT molecular complexity index is 752. The minimum Gasteiger partial charge on any atom is -0.347 e. The van der Waals surface area contributed by atoms with E-state index in [-0.39, 0.29) is 5.91 Å². The summed E-state index contributed by atoms with van der Waals surface area (Å²) in [5.74, 6) is -0.173. The number of hydrogen-bond acceptors (Lipinski definition) is 2. The summed E-state index contributed by atoms with van der Waals surface area (Å²) in [6, 6.07) is 15.4. The zero-order valence-electron chi connectivity index (χ0n) is 10.6. The van der Waals surface area contributed by atoms with Gasteiger partial charge in [-0.15, -0.1) is 0 Å². The van der Waals surface area contributed by atoms with Gasteiger partial charge in [0.05, 0.1) is 5.52 Å². The minimum atomic E-state index is -0.173. The third kappa shape index (κ3) is 2.72. The van der Waals surface area contributed by atoms with Gasteiger partial charge >= 0.3 is 0 Å². The Hall–Kier alpha value is -2.14. The van der Waals surface area contributed by atoms with Gasteiger partial charge in [0.15, 0.2) is 5.69 Å². The normalized spacial score (nSPS) is 10.7. The van der Waals surface area contributed by atoms with Gasteiger partial charge in [-0.1, -0.05) is 30.3 Å². The van der Waals surface area contributed by atoms with Crippen LogP contribution >= 0.6 is 15.9 Å². The Balaban J connectivity index is 1.75. The molecule has 0 aliphatic carbocycles. The predicted octanol–water partition coefficient (Wildman–Crippen LogP) is 3.03. The largest absolute Gasteiger partial charge is 0.347 e. The number of nitrogens with one attached hydrogen (secondary N) is 1. The molecule has 20 heavy (non-hydrogen) atoms. The first-order valence-electron chi connectivity index (χ1n) is 6.19. The second-order valence-corrected chi connectivity index (χ2v) is 5.33. The first-order valence-corrected chi connectivity index (χ1v) is 6.99. The third-order valence-corrected chi connectivity index (χ3v) is 3.42. The van der Waals surface area contributed by atoms with Gasteiger partial charge in [0.25, 0.3) is 5.91 Å². The van der Waals surface area contributed by atoms with Crippen molar-refractivity contribution in [2.75, 3.05) is 0 Å². The minimum absolute atomic E-state index is 0.173. The van der Waals surface area contributed by atoms with E-state index in [0.717, 1.165) is 15.6 Å². The highest BCUT2D eigenvalue weighted by Crippen LogP contribution is 2.13. The fourth-order valence-corrected chi connectivity index (χ4v) is 2.27. The number of carbonyl (C=O) groups is 1. The highest BCUT2D eigenvalue weighted by Gasteiger charge is 2.10. The van der Waals surface area contributed by atoms with Crippen molar-refractivity contribution >= 4 is 27.4 Å². The van der Waals surface area contributed by atoms with Crippen LogP contribution in [-0.2, 0) is 6.54 Å². The number of nitrogens with zero attached hydrogens (tertiary/aromatic N) is 2. The maximum Gasteiger partial charge on any atom is 0.272 e. The lowest BCUT2D eigenvalue weighted by Crippen LogP contribution is -2.23. The van der Waals surface area contributed by atoms with Crippen molar-refractivity contribution in [1.82, 2.24) is 14.9 Å². The number of halogens is 1. The molecule has 0 aliphatic heterocycles. The summed E-state index contributed by atoms with van der Waals surface area (Å²) in [6.07, 6.45) is 1.82. The summed E-state index contributed by atoms with van der Waals surface area (Å²) < 4.78 is 2.60. The number of pyridine rings is 1. The zero-order chi connectivity index (χ0) is 13.9. The molecular formula is C15H12BrN3O. The van der Waals surface area contributed by atoms with Gasteiger partial charge < -0.3 is 5.32 Å². The number of hydrogen-bond donors (Lipinski definition) is 1. The average molecular weight is 330 g/mol. The number of amides is 1. The average Bonchev–Trinajstić information content (AvgIpc) is 2.89. The van der Waals surface area contributed by atoms with Gasteiger partial charge in [0.2, 0.25) is 0 Å². The predicted molar refractivity (Wildman–Crippen MR) is 80.5 cm³/mol. The molecule has 1 amide bonds. The second kappa shape index (κ2) is 5.46. The van der Waals surface area contributed by atoms with E-state index in [9.17, 15) is 4.79 Å². The Morgan fingerprint density at radius 2 is 2.00 bits per heavy atom. The van der Waals surface area contributed by atoms with Crippen LogP contribution in [0.15, 0.2) is 59.2 Å². The lowest BCUT2D eigenvalue weighted by molar-refractivity contribution is 0.0945.